The summed E-state index contributed by atoms with van der Waals surface area (Å²) in [6.45, 7) is 0.766. The van der Waals surface area contributed by atoms with E-state index in [2.05, 4.69) is 20.6 Å². The number of benzene rings is 1. The number of unbranched alkanes of at least 4 members (excludes halogenated alkanes) is 3. The first-order chi connectivity index (χ1) is 16.0. The number of piperidine rings is 1. The summed E-state index contributed by atoms with van der Waals surface area (Å²) < 4.78 is 0. The van der Waals surface area contributed by atoms with Gasteiger partial charge in [0, 0.05) is 19.2 Å². The number of nitrogens with zero attached hydrogens (tertiary/aromatic N) is 3. The van der Waals surface area contributed by atoms with E-state index in [0.29, 0.717) is 23.4 Å². The molecule has 1 aromatic heterocycles. The van der Waals surface area contributed by atoms with Gasteiger partial charge in [-0.25, -0.2) is 9.97 Å². The fourth-order valence-corrected chi connectivity index (χ4v) is 4.38. The SMILES string of the molecule is O=C1CCC(N2C(=O)c3cccc(CCCCCCNc4ccnc(Cl)n4)c3C2=O)C(=O)N1. The molecule has 1 atom stereocenters. The molecule has 0 saturated carbocycles. The second kappa shape index (κ2) is 10.1. The van der Waals surface area contributed by atoms with Crippen molar-refractivity contribution in [3.8, 4) is 0 Å². The number of nitrogens with one attached hydrogen (secondary N) is 2. The van der Waals surface area contributed by atoms with Gasteiger partial charge in [-0.1, -0.05) is 25.0 Å². The van der Waals surface area contributed by atoms with E-state index >= 15 is 0 Å². The molecule has 0 aliphatic carbocycles. The summed E-state index contributed by atoms with van der Waals surface area (Å²) >= 11 is 5.77. The normalized spacial score (nSPS) is 17.8. The van der Waals surface area contributed by atoms with Crippen molar-refractivity contribution >= 4 is 41.0 Å². The zero-order valence-corrected chi connectivity index (χ0v) is 18.7. The van der Waals surface area contributed by atoms with Gasteiger partial charge in [0.15, 0.2) is 0 Å². The molecule has 9 nitrogen and oxygen atoms in total. The topological polar surface area (TPSA) is 121 Å². The van der Waals surface area contributed by atoms with Gasteiger partial charge >= 0.3 is 0 Å². The molecule has 3 heterocycles. The Morgan fingerprint density at radius 3 is 2.67 bits per heavy atom. The summed E-state index contributed by atoms with van der Waals surface area (Å²) in [5.41, 5.74) is 1.53. The monoisotopic (exact) mass is 469 g/mol. The van der Waals surface area contributed by atoms with Crippen LogP contribution in [-0.4, -0.2) is 51.1 Å². The molecule has 1 saturated heterocycles. The number of hydrogen-bond donors (Lipinski definition) is 2. The van der Waals surface area contributed by atoms with Gasteiger partial charge in [0.05, 0.1) is 11.1 Å². The van der Waals surface area contributed by atoms with Crippen molar-refractivity contribution in [1.82, 2.24) is 20.2 Å². The Hall–Kier alpha value is -3.33. The van der Waals surface area contributed by atoms with Crippen LogP contribution in [0, 0.1) is 0 Å². The van der Waals surface area contributed by atoms with Crippen LogP contribution in [0.15, 0.2) is 30.5 Å². The number of aryl methyl sites for hydroxylation is 1. The number of fused-ring (bicyclic) bond motifs is 1. The molecule has 2 aliphatic heterocycles. The third-order valence-electron chi connectivity index (χ3n) is 5.86. The minimum Gasteiger partial charge on any atom is -0.370 e. The van der Waals surface area contributed by atoms with E-state index in [1.165, 1.54) is 0 Å². The highest BCUT2D eigenvalue weighted by Crippen LogP contribution is 2.30. The van der Waals surface area contributed by atoms with Crippen molar-refractivity contribution in [2.45, 2.75) is 51.0 Å². The lowest BCUT2D eigenvalue weighted by Gasteiger charge is -2.27. The summed E-state index contributed by atoms with van der Waals surface area (Å²) in [7, 11) is 0. The highest BCUT2D eigenvalue weighted by Gasteiger charge is 2.45. The Kier molecular flexibility index (Phi) is 6.98. The zero-order chi connectivity index (χ0) is 23.4. The van der Waals surface area contributed by atoms with Crippen LogP contribution in [0.2, 0.25) is 5.28 Å². The lowest BCUT2D eigenvalue weighted by molar-refractivity contribution is -0.136. The van der Waals surface area contributed by atoms with Crippen molar-refractivity contribution < 1.29 is 19.2 Å². The Morgan fingerprint density at radius 2 is 1.88 bits per heavy atom. The van der Waals surface area contributed by atoms with Crippen LogP contribution in [0.25, 0.3) is 0 Å². The molecule has 4 amide bonds. The van der Waals surface area contributed by atoms with Gasteiger partial charge in [-0.05, 0) is 55.0 Å². The maximum absolute atomic E-state index is 13.1. The van der Waals surface area contributed by atoms with Crippen molar-refractivity contribution in [2.75, 3.05) is 11.9 Å². The summed E-state index contributed by atoms with van der Waals surface area (Å²) in [6, 6.07) is 6.07. The smallest absolute Gasteiger partial charge is 0.262 e. The van der Waals surface area contributed by atoms with Crippen LogP contribution < -0.4 is 10.6 Å². The van der Waals surface area contributed by atoms with Crippen molar-refractivity contribution in [2.24, 2.45) is 0 Å². The molecular formula is C23H24ClN5O4. The molecule has 1 unspecified atom stereocenters. The molecule has 0 spiro atoms. The summed E-state index contributed by atoms with van der Waals surface area (Å²) in [6.07, 6.45) is 6.32. The minimum absolute atomic E-state index is 0.107. The van der Waals surface area contributed by atoms with Gasteiger partial charge in [-0.15, -0.1) is 0 Å². The minimum atomic E-state index is -0.944. The number of anilines is 1. The summed E-state index contributed by atoms with van der Waals surface area (Å²) in [4.78, 5) is 58.6. The molecule has 0 radical (unpaired) electrons. The van der Waals surface area contributed by atoms with Crippen molar-refractivity contribution in [3.63, 3.8) is 0 Å². The number of aromatic nitrogens is 2. The molecule has 1 fully saturated rings. The van der Waals surface area contributed by atoms with Gasteiger partial charge in [0.1, 0.15) is 11.9 Å². The number of rotatable bonds is 9. The predicted molar refractivity (Wildman–Crippen MR) is 121 cm³/mol. The number of amides is 4. The maximum atomic E-state index is 13.1. The van der Waals surface area contributed by atoms with E-state index < -0.39 is 23.8 Å². The summed E-state index contributed by atoms with van der Waals surface area (Å²) in [5, 5.41) is 5.63. The highest BCUT2D eigenvalue weighted by atomic mass is 35.5. The zero-order valence-electron chi connectivity index (χ0n) is 18.0. The van der Waals surface area contributed by atoms with E-state index in [-0.39, 0.29) is 24.0 Å². The first kappa shape index (κ1) is 22.8. The second-order valence-corrected chi connectivity index (χ2v) is 8.43. The Bertz CT molecular complexity index is 1110. The van der Waals surface area contributed by atoms with Gasteiger partial charge in [-0.3, -0.25) is 29.4 Å². The third-order valence-corrected chi connectivity index (χ3v) is 6.04. The van der Waals surface area contributed by atoms with E-state index in [0.717, 1.165) is 42.7 Å². The van der Waals surface area contributed by atoms with Crippen LogP contribution in [0.5, 0.6) is 0 Å². The van der Waals surface area contributed by atoms with Crippen LogP contribution in [0.3, 0.4) is 0 Å². The van der Waals surface area contributed by atoms with E-state index in [1.54, 1.807) is 24.4 Å². The average molecular weight is 470 g/mol. The van der Waals surface area contributed by atoms with E-state index in [1.807, 2.05) is 6.07 Å². The molecule has 1 aromatic carbocycles. The first-order valence-electron chi connectivity index (χ1n) is 11.0. The van der Waals surface area contributed by atoms with Crippen LogP contribution in [0.1, 0.15) is 64.8 Å². The van der Waals surface area contributed by atoms with E-state index in [9.17, 15) is 19.2 Å². The molecule has 10 heteroatoms. The van der Waals surface area contributed by atoms with E-state index in [4.69, 9.17) is 11.6 Å². The van der Waals surface area contributed by atoms with Gasteiger partial charge < -0.3 is 5.32 Å². The van der Waals surface area contributed by atoms with Crippen molar-refractivity contribution in [3.05, 3.63) is 52.4 Å². The van der Waals surface area contributed by atoms with Crippen molar-refractivity contribution in [1.29, 1.82) is 0 Å². The van der Waals surface area contributed by atoms with Crippen LogP contribution in [-0.2, 0) is 16.0 Å². The fourth-order valence-electron chi connectivity index (χ4n) is 4.24. The maximum Gasteiger partial charge on any atom is 0.262 e. The molecular weight excluding hydrogens is 446 g/mol. The Labute approximate surface area is 195 Å². The second-order valence-electron chi connectivity index (χ2n) is 8.09. The van der Waals surface area contributed by atoms with Gasteiger partial charge in [0.2, 0.25) is 17.1 Å². The Morgan fingerprint density at radius 1 is 1.06 bits per heavy atom. The highest BCUT2D eigenvalue weighted by molar-refractivity contribution is 6.28. The molecule has 4 rings (SSSR count). The molecule has 2 N–H and O–H groups in total. The molecule has 33 heavy (non-hydrogen) atoms. The number of hydrogen-bond acceptors (Lipinski definition) is 7. The lowest BCUT2D eigenvalue weighted by atomic mass is 9.97. The summed E-state index contributed by atoms with van der Waals surface area (Å²) in [5.74, 6) is -1.21. The van der Waals surface area contributed by atoms with Gasteiger partial charge in [-0.2, -0.15) is 0 Å². The number of carbonyl (C=O) groups is 4. The first-order valence-corrected chi connectivity index (χ1v) is 11.4. The largest absolute Gasteiger partial charge is 0.370 e. The fraction of sp³-hybridized carbons (Fsp3) is 0.391. The van der Waals surface area contributed by atoms with Crippen LogP contribution in [0.4, 0.5) is 5.82 Å². The Balaban J connectivity index is 1.30. The molecule has 0 bridgehead atoms. The number of carbonyl (C=O) groups excluding carboxylic acids is 4. The standard InChI is InChI=1S/C23H24ClN5O4/c24-23-26-13-11-17(27-23)25-12-4-2-1-3-6-14-7-5-8-15-19(14)22(33)29(21(15)32)16-9-10-18(30)28-20(16)31/h5,7-8,11,13,16H,1-4,6,9-10,12H2,(H,25,26,27)(H,28,30,31). The number of imide groups is 2. The third kappa shape index (κ3) is 5.03. The molecule has 2 aliphatic rings. The average Bonchev–Trinajstić information content (AvgIpc) is 3.04. The number of halogens is 1. The molecule has 172 valence electrons. The lowest BCUT2D eigenvalue weighted by Crippen LogP contribution is -2.54. The predicted octanol–water partition coefficient (Wildman–Crippen LogP) is 2.75. The van der Waals surface area contributed by atoms with Gasteiger partial charge in [0.25, 0.3) is 11.8 Å². The molecule has 2 aromatic rings. The van der Waals surface area contributed by atoms with Crippen LogP contribution >= 0.6 is 11.6 Å². The quantitative estimate of drug-likeness (QED) is 0.329.